The molecular formula is C16H18ClN3O3. The summed E-state index contributed by atoms with van der Waals surface area (Å²) in [5, 5.41) is 3.79. The Balaban J connectivity index is 2.19. The molecule has 2 aromatic rings. The van der Waals surface area contributed by atoms with Gasteiger partial charge in [-0.15, -0.1) is 0 Å². The monoisotopic (exact) mass is 335 g/mol. The summed E-state index contributed by atoms with van der Waals surface area (Å²) in [5.74, 6) is 0.345. The smallest absolute Gasteiger partial charge is 0.254 e. The lowest BCUT2D eigenvalue weighted by Gasteiger charge is -2.13. The first-order chi connectivity index (χ1) is 11.0. The van der Waals surface area contributed by atoms with Crippen molar-refractivity contribution < 1.29 is 14.3 Å². The maximum absolute atomic E-state index is 11.4. The number of benzene rings is 1. The van der Waals surface area contributed by atoms with E-state index in [1.165, 1.54) is 7.11 Å². The second kappa shape index (κ2) is 7.69. The Kier molecular flexibility index (Phi) is 5.65. The van der Waals surface area contributed by atoms with Crippen molar-refractivity contribution in [1.82, 2.24) is 4.98 Å². The largest absolute Gasteiger partial charge is 0.494 e. The number of nitrogens with zero attached hydrogens (tertiary/aromatic N) is 1. The second-order valence-electron chi connectivity index (χ2n) is 4.68. The highest BCUT2D eigenvalue weighted by atomic mass is 35.5. The average Bonchev–Trinajstić information content (AvgIpc) is 2.54. The molecule has 0 aliphatic heterocycles. The summed E-state index contributed by atoms with van der Waals surface area (Å²) in [7, 11) is 1.43. The van der Waals surface area contributed by atoms with E-state index >= 15 is 0 Å². The number of carbonyl (C=O) groups excluding carboxylic acids is 1. The van der Waals surface area contributed by atoms with Crippen LogP contribution in [0.4, 0.5) is 5.69 Å². The van der Waals surface area contributed by atoms with Crippen molar-refractivity contribution in [2.45, 2.75) is 13.5 Å². The summed E-state index contributed by atoms with van der Waals surface area (Å²) in [6, 6.07) is 7.02. The van der Waals surface area contributed by atoms with Crippen LogP contribution < -0.4 is 20.5 Å². The molecule has 1 aromatic carbocycles. The molecule has 0 aliphatic rings. The fourth-order valence-electron chi connectivity index (χ4n) is 2.07. The van der Waals surface area contributed by atoms with Gasteiger partial charge < -0.3 is 20.5 Å². The number of carbonyl (C=O) groups is 1. The first-order valence-corrected chi connectivity index (χ1v) is 7.41. The van der Waals surface area contributed by atoms with Gasteiger partial charge in [0.25, 0.3) is 5.91 Å². The van der Waals surface area contributed by atoms with Gasteiger partial charge in [-0.1, -0.05) is 11.6 Å². The van der Waals surface area contributed by atoms with E-state index in [1.807, 2.05) is 19.1 Å². The van der Waals surface area contributed by atoms with Crippen molar-refractivity contribution in [3.05, 3.63) is 46.6 Å². The Bertz CT molecular complexity index is 707. The molecule has 2 rings (SSSR count). The molecule has 0 spiro atoms. The van der Waals surface area contributed by atoms with Crippen LogP contribution in [0.15, 0.2) is 30.5 Å². The number of methoxy groups -OCH3 is 1. The van der Waals surface area contributed by atoms with Gasteiger partial charge in [0.1, 0.15) is 11.3 Å². The van der Waals surface area contributed by atoms with E-state index in [2.05, 4.69) is 10.3 Å². The van der Waals surface area contributed by atoms with Gasteiger partial charge in [0.2, 0.25) is 5.88 Å². The molecule has 122 valence electrons. The molecule has 1 aromatic heterocycles. The quantitative estimate of drug-likeness (QED) is 0.812. The number of primary amides is 1. The van der Waals surface area contributed by atoms with Gasteiger partial charge in [0, 0.05) is 17.1 Å². The molecule has 1 heterocycles. The molecule has 3 N–H and O–H groups in total. The van der Waals surface area contributed by atoms with Crippen LogP contribution in [0.3, 0.4) is 0 Å². The average molecular weight is 336 g/mol. The van der Waals surface area contributed by atoms with E-state index in [9.17, 15) is 4.79 Å². The molecule has 6 nitrogen and oxygen atoms in total. The van der Waals surface area contributed by atoms with Crippen LogP contribution in [0.25, 0.3) is 0 Å². The van der Waals surface area contributed by atoms with Gasteiger partial charge in [-0.2, -0.15) is 0 Å². The van der Waals surface area contributed by atoms with Crippen molar-refractivity contribution in [3.63, 3.8) is 0 Å². The summed E-state index contributed by atoms with van der Waals surface area (Å²) in [6.45, 7) is 2.94. The minimum absolute atomic E-state index is 0.195. The molecule has 0 aliphatic carbocycles. The van der Waals surface area contributed by atoms with E-state index in [0.717, 1.165) is 11.3 Å². The van der Waals surface area contributed by atoms with Crippen molar-refractivity contribution >= 4 is 23.2 Å². The number of amides is 1. The zero-order valence-corrected chi connectivity index (χ0v) is 13.7. The zero-order valence-electron chi connectivity index (χ0n) is 12.9. The number of pyridine rings is 1. The van der Waals surface area contributed by atoms with Gasteiger partial charge in [0.05, 0.1) is 25.6 Å². The molecule has 1 amide bonds. The molecule has 7 heteroatoms. The normalized spacial score (nSPS) is 10.2. The Hall–Kier alpha value is -2.47. The summed E-state index contributed by atoms with van der Waals surface area (Å²) in [6.07, 6.45) is 1.57. The van der Waals surface area contributed by atoms with Gasteiger partial charge >= 0.3 is 0 Å². The third-order valence-corrected chi connectivity index (χ3v) is 3.35. The predicted molar refractivity (Wildman–Crippen MR) is 89.3 cm³/mol. The maximum atomic E-state index is 11.4. The Morgan fingerprint density at radius 1 is 1.39 bits per heavy atom. The number of rotatable bonds is 7. The van der Waals surface area contributed by atoms with Crippen LogP contribution in [-0.2, 0) is 6.54 Å². The van der Waals surface area contributed by atoms with Crippen LogP contribution in [-0.4, -0.2) is 24.6 Å². The number of halogens is 1. The topological polar surface area (TPSA) is 86.5 Å². The lowest BCUT2D eigenvalue weighted by molar-refractivity contribution is 0.0996. The first-order valence-electron chi connectivity index (χ1n) is 7.04. The van der Waals surface area contributed by atoms with Crippen LogP contribution in [0.5, 0.6) is 11.6 Å². The number of hydrogen-bond acceptors (Lipinski definition) is 5. The third kappa shape index (κ3) is 4.26. The lowest BCUT2D eigenvalue weighted by Crippen LogP contribution is -2.14. The minimum Gasteiger partial charge on any atom is -0.494 e. The van der Waals surface area contributed by atoms with Crippen molar-refractivity contribution in [3.8, 4) is 11.6 Å². The number of ether oxygens (including phenoxy) is 2. The zero-order chi connectivity index (χ0) is 16.8. The van der Waals surface area contributed by atoms with Gasteiger partial charge in [-0.05, 0) is 31.2 Å². The van der Waals surface area contributed by atoms with Crippen molar-refractivity contribution in [1.29, 1.82) is 0 Å². The van der Waals surface area contributed by atoms with Crippen LogP contribution in [0, 0.1) is 0 Å². The maximum Gasteiger partial charge on any atom is 0.254 e. The van der Waals surface area contributed by atoms with E-state index in [4.69, 9.17) is 26.8 Å². The molecule has 0 bridgehead atoms. The number of hydrogen-bond donors (Lipinski definition) is 2. The molecule has 0 saturated heterocycles. The summed E-state index contributed by atoms with van der Waals surface area (Å²) >= 11 is 6.03. The van der Waals surface area contributed by atoms with Gasteiger partial charge in [0.15, 0.2) is 0 Å². The minimum atomic E-state index is -0.601. The third-order valence-electron chi connectivity index (χ3n) is 3.12. The molecular weight excluding hydrogens is 318 g/mol. The number of aromatic nitrogens is 1. The second-order valence-corrected chi connectivity index (χ2v) is 5.12. The SMILES string of the molecule is CCOc1ccc(Cl)cc1CNc1cnc(OC)c(C(N)=O)c1. The molecule has 0 fully saturated rings. The Morgan fingerprint density at radius 3 is 2.83 bits per heavy atom. The Labute approximate surface area is 139 Å². The van der Waals surface area contributed by atoms with Crippen LogP contribution in [0.1, 0.15) is 22.8 Å². The highest BCUT2D eigenvalue weighted by Crippen LogP contribution is 2.25. The molecule has 0 atom stereocenters. The number of anilines is 1. The van der Waals surface area contributed by atoms with Crippen LogP contribution >= 0.6 is 11.6 Å². The van der Waals surface area contributed by atoms with Gasteiger partial charge in [-0.25, -0.2) is 4.98 Å². The first kappa shape index (κ1) is 16.9. The van der Waals surface area contributed by atoms with E-state index in [-0.39, 0.29) is 11.4 Å². The van der Waals surface area contributed by atoms with E-state index in [1.54, 1.807) is 18.3 Å². The summed E-state index contributed by atoms with van der Waals surface area (Å²) in [4.78, 5) is 15.5. The fourth-order valence-corrected chi connectivity index (χ4v) is 2.26. The highest BCUT2D eigenvalue weighted by Gasteiger charge is 2.12. The van der Waals surface area contributed by atoms with Crippen molar-refractivity contribution in [2.24, 2.45) is 5.73 Å². The van der Waals surface area contributed by atoms with Gasteiger partial charge in [-0.3, -0.25) is 4.79 Å². The molecule has 0 saturated carbocycles. The molecule has 0 radical (unpaired) electrons. The van der Waals surface area contributed by atoms with Crippen molar-refractivity contribution in [2.75, 3.05) is 19.0 Å². The number of nitrogens with one attached hydrogen (secondary N) is 1. The predicted octanol–water partition coefficient (Wildman–Crippen LogP) is 2.85. The standard InChI is InChI=1S/C16H18ClN3O3/c1-3-23-14-5-4-11(17)6-10(14)8-19-12-7-13(15(18)21)16(22-2)20-9-12/h4-7,9,19H,3,8H2,1-2H3,(H2,18,21). The van der Waals surface area contributed by atoms with Crippen LogP contribution in [0.2, 0.25) is 5.02 Å². The lowest BCUT2D eigenvalue weighted by atomic mass is 10.2. The molecule has 0 unspecified atom stereocenters. The number of nitrogens with two attached hydrogens (primary N) is 1. The summed E-state index contributed by atoms with van der Waals surface area (Å²) in [5.41, 5.74) is 7.08. The Morgan fingerprint density at radius 2 is 2.17 bits per heavy atom. The van der Waals surface area contributed by atoms with E-state index in [0.29, 0.717) is 23.9 Å². The highest BCUT2D eigenvalue weighted by molar-refractivity contribution is 6.30. The molecule has 23 heavy (non-hydrogen) atoms. The fraction of sp³-hybridized carbons (Fsp3) is 0.250. The summed E-state index contributed by atoms with van der Waals surface area (Å²) < 4.78 is 10.6. The van der Waals surface area contributed by atoms with E-state index < -0.39 is 5.91 Å².